The maximum atomic E-state index is 3.56. The second-order valence-corrected chi connectivity index (χ2v) is 3.05. The van der Waals surface area contributed by atoms with Crippen molar-refractivity contribution in [1.82, 2.24) is 0 Å². The van der Waals surface area contributed by atoms with Crippen LogP contribution in [0.3, 0.4) is 0 Å². The standard InChI is InChI=1S/C8H10.C4H8.C2H6/c1-2-8-6-4-3-5-7-8;1-4(2)3;1-2/h3-7H,2H2,1H3;1H2,2-3H3;1-2H3. The van der Waals surface area contributed by atoms with Crippen LogP contribution >= 0.6 is 0 Å². The van der Waals surface area contributed by atoms with Crippen LogP contribution in [0.1, 0.15) is 40.2 Å². The first-order chi connectivity index (χ1) is 6.66. The summed E-state index contributed by atoms with van der Waals surface area (Å²) >= 11 is 0. The first kappa shape index (κ1) is 15.4. The molecule has 0 aliphatic rings. The Morgan fingerprint density at radius 2 is 1.43 bits per heavy atom. The molecule has 0 saturated heterocycles. The summed E-state index contributed by atoms with van der Waals surface area (Å²) in [4.78, 5) is 0. The van der Waals surface area contributed by atoms with Crippen molar-refractivity contribution in [2.24, 2.45) is 0 Å². The number of allylic oxidation sites excluding steroid dienone is 1. The lowest BCUT2D eigenvalue weighted by Gasteiger charge is -1.89. The first-order valence-corrected chi connectivity index (χ1v) is 5.32. The van der Waals surface area contributed by atoms with E-state index in [-0.39, 0.29) is 0 Å². The molecule has 0 fully saturated rings. The van der Waals surface area contributed by atoms with Gasteiger partial charge in [-0.15, -0.1) is 6.58 Å². The van der Waals surface area contributed by atoms with Crippen molar-refractivity contribution in [3.8, 4) is 0 Å². The van der Waals surface area contributed by atoms with Gasteiger partial charge in [-0.1, -0.05) is 56.7 Å². The van der Waals surface area contributed by atoms with Crippen LogP contribution in [0.2, 0.25) is 0 Å². The van der Waals surface area contributed by atoms with Crippen LogP contribution in [-0.4, -0.2) is 0 Å². The number of hydrogen-bond donors (Lipinski definition) is 0. The van der Waals surface area contributed by atoms with Crippen LogP contribution in [0.4, 0.5) is 0 Å². The van der Waals surface area contributed by atoms with Crippen LogP contribution in [0.15, 0.2) is 42.5 Å². The first-order valence-electron chi connectivity index (χ1n) is 5.32. The van der Waals surface area contributed by atoms with Gasteiger partial charge in [-0.3, -0.25) is 0 Å². The number of aryl methyl sites for hydroxylation is 1. The van der Waals surface area contributed by atoms with Crippen molar-refractivity contribution in [1.29, 1.82) is 0 Å². The summed E-state index contributed by atoms with van der Waals surface area (Å²) in [6.45, 7) is 13.7. The third-order valence-electron chi connectivity index (χ3n) is 1.25. The lowest BCUT2D eigenvalue weighted by atomic mass is 10.2. The lowest BCUT2D eigenvalue weighted by Crippen LogP contribution is -1.73. The van der Waals surface area contributed by atoms with Gasteiger partial charge in [0, 0.05) is 0 Å². The molecule has 1 rings (SSSR count). The minimum Gasteiger partial charge on any atom is -0.100 e. The third-order valence-corrected chi connectivity index (χ3v) is 1.25. The molecule has 0 heteroatoms. The Balaban J connectivity index is 0. The Labute approximate surface area is 89.7 Å². The highest BCUT2D eigenvalue weighted by Gasteiger charge is 1.79. The molecule has 1 aromatic carbocycles. The molecule has 0 atom stereocenters. The van der Waals surface area contributed by atoms with Crippen LogP contribution in [0, 0.1) is 0 Å². The predicted octanol–water partition coefficient (Wildman–Crippen LogP) is 4.86. The predicted molar refractivity (Wildman–Crippen MR) is 67.7 cm³/mol. The van der Waals surface area contributed by atoms with Gasteiger partial charge < -0.3 is 0 Å². The molecule has 1 aromatic rings. The summed E-state index contributed by atoms with van der Waals surface area (Å²) in [7, 11) is 0. The van der Waals surface area contributed by atoms with E-state index < -0.39 is 0 Å². The summed E-state index contributed by atoms with van der Waals surface area (Å²) < 4.78 is 0. The Hall–Kier alpha value is -1.04. The van der Waals surface area contributed by atoms with Gasteiger partial charge >= 0.3 is 0 Å². The van der Waals surface area contributed by atoms with E-state index in [1.165, 1.54) is 11.1 Å². The SMILES string of the molecule is C=C(C)C.CC.CCc1ccccc1. The monoisotopic (exact) mass is 192 g/mol. The number of benzene rings is 1. The molecule has 0 unspecified atom stereocenters. The highest BCUT2D eigenvalue weighted by atomic mass is 13.9. The summed E-state index contributed by atoms with van der Waals surface area (Å²) in [5.41, 5.74) is 2.58. The van der Waals surface area contributed by atoms with E-state index in [2.05, 4.69) is 37.8 Å². The fourth-order valence-corrected chi connectivity index (χ4v) is 0.714. The zero-order chi connectivity index (χ0) is 11.4. The largest absolute Gasteiger partial charge is 0.100 e. The van der Waals surface area contributed by atoms with Crippen LogP contribution in [-0.2, 0) is 6.42 Å². The Morgan fingerprint density at radius 3 is 1.64 bits per heavy atom. The molecule has 80 valence electrons. The zero-order valence-electron chi connectivity index (χ0n) is 10.3. The molecule has 0 bridgehead atoms. The third kappa shape index (κ3) is 13.5. The molecule has 0 radical (unpaired) electrons. The molecule has 0 aliphatic heterocycles. The quantitative estimate of drug-likeness (QED) is 0.557. The van der Waals surface area contributed by atoms with Crippen molar-refractivity contribution in [3.63, 3.8) is 0 Å². The van der Waals surface area contributed by atoms with Crippen LogP contribution < -0.4 is 0 Å². The molecule has 0 heterocycles. The topological polar surface area (TPSA) is 0 Å². The van der Waals surface area contributed by atoms with Gasteiger partial charge in [-0.2, -0.15) is 0 Å². The van der Waals surface area contributed by atoms with E-state index in [9.17, 15) is 0 Å². The van der Waals surface area contributed by atoms with E-state index >= 15 is 0 Å². The second kappa shape index (κ2) is 12.0. The fraction of sp³-hybridized carbons (Fsp3) is 0.429. The van der Waals surface area contributed by atoms with Gasteiger partial charge in [0.1, 0.15) is 0 Å². The van der Waals surface area contributed by atoms with E-state index in [1.54, 1.807) is 0 Å². The highest BCUT2D eigenvalue weighted by Crippen LogP contribution is 1.96. The molecule has 0 aliphatic carbocycles. The van der Waals surface area contributed by atoms with E-state index in [1.807, 2.05) is 33.8 Å². The lowest BCUT2D eigenvalue weighted by molar-refractivity contribution is 1.14. The summed E-state index contributed by atoms with van der Waals surface area (Å²) in [6, 6.07) is 10.5. The van der Waals surface area contributed by atoms with Crippen LogP contribution in [0.25, 0.3) is 0 Å². The molecule has 0 aromatic heterocycles. The van der Waals surface area contributed by atoms with E-state index in [4.69, 9.17) is 0 Å². The van der Waals surface area contributed by atoms with Gasteiger partial charge in [0.15, 0.2) is 0 Å². The molecule has 0 spiro atoms. The minimum absolute atomic E-state index is 1.14. The maximum absolute atomic E-state index is 3.56. The Kier molecular flexibility index (Phi) is 13.2. The zero-order valence-corrected chi connectivity index (χ0v) is 10.3. The Bertz CT molecular complexity index is 205. The molecule has 0 amide bonds. The molecule has 0 saturated carbocycles. The number of rotatable bonds is 1. The summed E-state index contributed by atoms with van der Waals surface area (Å²) in [5, 5.41) is 0. The fourth-order valence-electron chi connectivity index (χ4n) is 0.714. The summed E-state index contributed by atoms with van der Waals surface area (Å²) in [5.74, 6) is 0. The van der Waals surface area contributed by atoms with Crippen molar-refractivity contribution >= 4 is 0 Å². The van der Waals surface area contributed by atoms with Gasteiger partial charge in [0.25, 0.3) is 0 Å². The van der Waals surface area contributed by atoms with E-state index in [0.717, 1.165) is 6.42 Å². The molecular formula is C14H24. The normalized spacial score (nSPS) is 7.50. The molecule has 14 heavy (non-hydrogen) atoms. The Morgan fingerprint density at radius 1 is 1.07 bits per heavy atom. The molecule has 0 N–H and O–H groups in total. The number of hydrogen-bond acceptors (Lipinski definition) is 0. The van der Waals surface area contributed by atoms with Crippen molar-refractivity contribution in [2.45, 2.75) is 41.0 Å². The van der Waals surface area contributed by atoms with Gasteiger partial charge in [-0.05, 0) is 25.8 Å². The summed E-state index contributed by atoms with van der Waals surface area (Å²) in [6.07, 6.45) is 1.14. The van der Waals surface area contributed by atoms with Gasteiger partial charge in [-0.25, -0.2) is 0 Å². The average Bonchev–Trinajstić information content (AvgIpc) is 2.21. The van der Waals surface area contributed by atoms with Crippen molar-refractivity contribution < 1.29 is 0 Å². The van der Waals surface area contributed by atoms with Gasteiger partial charge in [0.2, 0.25) is 0 Å². The molecular weight excluding hydrogens is 168 g/mol. The van der Waals surface area contributed by atoms with Crippen LogP contribution in [0.5, 0.6) is 0 Å². The minimum atomic E-state index is 1.14. The smallest absolute Gasteiger partial charge is 0.0307 e. The van der Waals surface area contributed by atoms with Crippen molar-refractivity contribution in [2.75, 3.05) is 0 Å². The average molecular weight is 192 g/mol. The highest BCUT2D eigenvalue weighted by molar-refractivity contribution is 5.13. The van der Waals surface area contributed by atoms with Crippen molar-refractivity contribution in [3.05, 3.63) is 48.0 Å². The molecule has 0 nitrogen and oxygen atoms in total. The maximum Gasteiger partial charge on any atom is -0.0307 e. The van der Waals surface area contributed by atoms with Gasteiger partial charge in [0.05, 0.1) is 0 Å². The van der Waals surface area contributed by atoms with E-state index in [0.29, 0.717) is 0 Å². The second-order valence-electron chi connectivity index (χ2n) is 3.05.